The molecule has 0 radical (unpaired) electrons. The van der Waals surface area contributed by atoms with Crippen LogP contribution in [-0.2, 0) is 4.79 Å². The molecule has 0 aliphatic carbocycles. The number of carbonyl (C=O) groups excluding carboxylic acids is 2. The van der Waals surface area contributed by atoms with Gasteiger partial charge in [-0.1, -0.05) is 115 Å². The number of unbranched alkanes of at least 4 members (excludes halogenated alkanes) is 14. The fraction of sp³-hybridized carbons (Fsp3) is 0.704. The van der Waals surface area contributed by atoms with Crippen molar-refractivity contribution in [1.82, 2.24) is 0 Å². The van der Waals surface area contributed by atoms with Gasteiger partial charge in [0.25, 0.3) is 0 Å². The molecule has 0 unspecified atom stereocenters. The summed E-state index contributed by atoms with van der Waals surface area (Å²) >= 11 is 0. The summed E-state index contributed by atoms with van der Waals surface area (Å²) in [6, 6.07) is 9.12. The van der Waals surface area contributed by atoms with Crippen molar-refractivity contribution in [3.05, 3.63) is 35.9 Å². The Hall–Kier alpha value is -1.48. The summed E-state index contributed by atoms with van der Waals surface area (Å²) in [5, 5.41) is 0. The third kappa shape index (κ3) is 11.1. The SMILES string of the molecule is CCCCCCCCCCCCCCCCCC(=O)[N+](C)(C)C(=O)c1ccccc1. The van der Waals surface area contributed by atoms with Gasteiger partial charge in [0.15, 0.2) is 0 Å². The molecule has 0 saturated heterocycles. The first-order chi connectivity index (χ1) is 14.5. The van der Waals surface area contributed by atoms with Gasteiger partial charge in [-0.3, -0.25) is 0 Å². The summed E-state index contributed by atoms with van der Waals surface area (Å²) in [6.45, 7) is 2.27. The molecule has 0 aliphatic heterocycles. The van der Waals surface area contributed by atoms with E-state index in [1.54, 1.807) is 26.2 Å². The van der Waals surface area contributed by atoms with Crippen LogP contribution >= 0.6 is 0 Å². The van der Waals surface area contributed by atoms with Crippen LogP contribution in [0.2, 0.25) is 0 Å². The van der Waals surface area contributed by atoms with E-state index in [4.69, 9.17) is 0 Å². The zero-order valence-electron chi connectivity index (χ0n) is 20.0. The van der Waals surface area contributed by atoms with E-state index in [0.717, 1.165) is 12.8 Å². The van der Waals surface area contributed by atoms with E-state index in [0.29, 0.717) is 12.0 Å². The van der Waals surface area contributed by atoms with Gasteiger partial charge in [-0.2, -0.15) is 4.48 Å². The smallest absolute Gasteiger partial charge is 0.230 e. The fourth-order valence-corrected chi connectivity index (χ4v) is 3.94. The second-order valence-corrected chi connectivity index (χ2v) is 9.22. The summed E-state index contributed by atoms with van der Waals surface area (Å²) in [5.41, 5.74) is 0.604. The highest BCUT2D eigenvalue weighted by atomic mass is 16.2. The van der Waals surface area contributed by atoms with Crippen LogP contribution < -0.4 is 0 Å². The van der Waals surface area contributed by atoms with Crippen molar-refractivity contribution in [2.24, 2.45) is 0 Å². The van der Waals surface area contributed by atoms with Crippen LogP contribution in [0, 0.1) is 0 Å². The number of quaternary nitrogens is 1. The Kier molecular flexibility index (Phi) is 14.4. The highest BCUT2D eigenvalue weighted by Gasteiger charge is 2.35. The second kappa shape index (κ2) is 16.2. The molecule has 3 nitrogen and oxygen atoms in total. The van der Waals surface area contributed by atoms with Crippen LogP contribution in [0.3, 0.4) is 0 Å². The number of hydrogen-bond acceptors (Lipinski definition) is 2. The average Bonchev–Trinajstić information content (AvgIpc) is 2.76. The third-order valence-corrected chi connectivity index (χ3v) is 6.15. The summed E-state index contributed by atoms with van der Waals surface area (Å²) in [6.07, 6.45) is 20.2. The Labute approximate surface area is 185 Å². The Bertz CT molecular complexity index is 580. The Morgan fingerprint density at radius 1 is 0.633 bits per heavy atom. The summed E-state index contributed by atoms with van der Waals surface area (Å²) in [5.74, 6) is -0.111. The maximum atomic E-state index is 12.6. The lowest BCUT2D eigenvalue weighted by Crippen LogP contribution is -2.50. The van der Waals surface area contributed by atoms with Gasteiger partial charge in [-0.25, -0.2) is 9.59 Å². The average molecular weight is 417 g/mol. The van der Waals surface area contributed by atoms with Gasteiger partial charge in [-0.15, -0.1) is 0 Å². The molecule has 0 atom stereocenters. The molecule has 0 aromatic heterocycles. The van der Waals surface area contributed by atoms with Gasteiger partial charge in [0.1, 0.15) is 0 Å². The van der Waals surface area contributed by atoms with Crippen molar-refractivity contribution in [2.45, 2.75) is 110 Å². The van der Waals surface area contributed by atoms with Crippen LogP contribution in [0.4, 0.5) is 0 Å². The van der Waals surface area contributed by atoms with E-state index in [9.17, 15) is 9.59 Å². The quantitative estimate of drug-likeness (QED) is 0.193. The lowest BCUT2D eigenvalue weighted by Gasteiger charge is -2.24. The van der Waals surface area contributed by atoms with Crippen LogP contribution in [0.15, 0.2) is 30.3 Å². The molecule has 1 aromatic rings. The minimum atomic E-state index is -0.192. The van der Waals surface area contributed by atoms with Crippen molar-refractivity contribution < 1.29 is 14.1 Å². The van der Waals surface area contributed by atoms with E-state index in [1.807, 2.05) is 18.2 Å². The highest BCUT2D eigenvalue weighted by molar-refractivity contribution is 5.95. The normalized spacial score (nSPS) is 11.6. The van der Waals surface area contributed by atoms with E-state index < -0.39 is 0 Å². The number of nitrogens with zero attached hydrogens (tertiary/aromatic N) is 1. The number of rotatable bonds is 17. The first kappa shape index (κ1) is 26.6. The number of hydrogen-bond donors (Lipinski definition) is 0. The first-order valence-corrected chi connectivity index (χ1v) is 12.5. The molecular weight excluding hydrogens is 370 g/mol. The number of imide groups is 1. The molecule has 30 heavy (non-hydrogen) atoms. The predicted molar refractivity (Wildman–Crippen MR) is 127 cm³/mol. The van der Waals surface area contributed by atoms with Crippen molar-refractivity contribution in [3.8, 4) is 0 Å². The molecule has 0 spiro atoms. The molecule has 1 rings (SSSR count). The Balaban J connectivity index is 1.99. The zero-order chi connectivity index (χ0) is 22.1. The Morgan fingerprint density at radius 2 is 1.03 bits per heavy atom. The molecule has 2 amide bonds. The molecule has 0 fully saturated rings. The first-order valence-electron chi connectivity index (χ1n) is 12.5. The number of carbonyl (C=O) groups is 2. The van der Waals surface area contributed by atoms with Gasteiger partial charge in [-0.05, 0) is 18.6 Å². The van der Waals surface area contributed by atoms with Crippen LogP contribution in [-0.4, -0.2) is 30.4 Å². The predicted octanol–water partition coefficient (Wildman–Crippen LogP) is 7.69. The van der Waals surface area contributed by atoms with E-state index >= 15 is 0 Å². The van der Waals surface area contributed by atoms with Crippen molar-refractivity contribution >= 4 is 11.8 Å². The number of benzene rings is 1. The van der Waals surface area contributed by atoms with Gasteiger partial charge >= 0.3 is 11.8 Å². The van der Waals surface area contributed by atoms with E-state index in [2.05, 4.69) is 6.92 Å². The molecule has 0 saturated carbocycles. The molecular formula is C27H46NO2+. The van der Waals surface area contributed by atoms with Gasteiger partial charge in [0, 0.05) is 0 Å². The summed E-state index contributed by atoms with van der Waals surface area (Å²) in [7, 11) is 3.42. The minimum absolute atomic E-state index is 0.0125. The molecule has 170 valence electrons. The van der Waals surface area contributed by atoms with Gasteiger partial charge in [0.05, 0.1) is 26.1 Å². The zero-order valence-corrected chi connectivity index (χ0v) is 20.0. The molecule has 1 aromatic carbocycles. The minimum Gasteiger partial charge on any atom is -0.230 e. The molecule has 0 bridgehead atoms. The number of amides is 2. The van der Waals surface area contributed by atoms with Gasteiger partial charge in [0.2, 0.25) is 0 Å². The lowest BCUT2D eigenvalue weighted by molar-refractivity contribution is -0.728. The maximum absolute atomic E-state index is 12.6. The highest BCUT2D eigenvalue weighted by Crippen LogP contribution is 2.16. The van der Waals surface area contributed by atoms with Crippen LogP contribution in [0.5, 0.6) is 0 Å². The summed E-state index contributed by atoms with van der Waals surface area (Å²) < 4.78 is -0.192. The van der Waals surface area contributed by atoms with E-state index in [-0.39, 0.29) is 16.3 Å². The van der Waals surface area contributed by atoms with Crippen LogP contribution in [0.1, 0.15) is 120 Å². The Morgan fingerprint density at radius 3 is 1.47 bits per heavy atom. The van der Waals surface area contributed by atoms with Crippen molar-refractivity contribution in [3.63, 3.8) is 0 Å². The van der Waals surface area contributed by atoms with Crippen molar-refractivity contribution in [1.29, 1.82) is 0 Å². The maximum Gasteiger partial charge on any atom is 0.352 e. The molecule has 0 aliphatic rings. The van der Waals surface area contributed by atoms with Gasteiger partial charge < -0.3 is 0 Å². The molecule has 0 N–H and O–H groups in total. The monoisotopic (exact) mass is 416 g/mol. The standard InChI is InChI=1S/C27H46NO2/c1-4-5-6-7-8-9-10-11-12-13-14-15-16-17-21-24-26(29)28(2,3)27(30)25-22-19-18-20-23-25/h18-20,22-23H,4-17,21,24H2,1-3H3/q+1. The summed E-state index contributed by atoms with van der Waals surface area (Å²) in [4.78, 5) is 25.2. The topological polar surface area (TPSA) is 34.1 Å². The molecule has 0 heterocycles. The largest absolute Gasteiger partial charge is 0.352 e. The fourth-order valence-electron chi connectivity index (χ4n) is 3.94. The second-order valence-electron chi connectivity index (χ2n) is 9.22. The van der Waals surface area contributed by atoms with Crippen LogP contribution in [0.25, 0.3) is 0 Å². The molecule has 3 heteroatoms. The van der Waals surface area contributed by atoms with Crippen molar-refractivity contribution in [2.75, 3.05) is 14.1 Å². The lowest BCUT2D eigenvalue weighted by atomic mass is 10.0. The third-order valence-electron chi connectivity index (χ3n) is 6.15. The van der Waals surface area contributed by atoms with E-state index in [1.165, 1.54) is 83.5 Å².